The van der Waals surface area contributed by atoms with E-state index in [1.54, 1.807) is 4.68 Å². The van der Waals surface area contributed by atoms with Gasteiger partial charge in [-0.25, -0.2) is 4.98 Å². The zero-order valence-electron chi connectivity index (χ0n) is 9.64. The molecule has 0 unspecified atom stereocenters. The third kappa shape index (κ3) is 2.39. The van der Waals surface area contributed by atoms with Crippen LogP contribution in [0.1, 0.15) is 13.3 Å². The fraction of sp³-hybridized carbons (Fsp3) is 0.333. The van der Waals surface area contributed by atoms with E-state index in [0.29, 0.717) is 0 Å². The average molecular weight is 216 g/mol. The Balaban J connectivity index is 2.22. The van der Waals surface area contributed by atoms with Gasteiger partial charge in [-0.1, -0.05) is 13.0 Å². The van der Waals surface area contributed by atoms with E-state index in [0.717, 1.165) is 30.2 Å². The van der Waals surface area contributed by atoms with E-state index in [2.05, 4.69) is 22.3 Å². The van der Waals surface area contributed by atoms with Crippen LogP contribution in [-0.4, -0.2) is 21.3 Å². The van der Waals surface area contributed by atoms with Crippen molar-refractivity contribution in [2.24, 2.45) is 7.05 Å². The van der Waals surface area contributed by atoms with Crippen LogP contribution in [0.5, 0.6) is 0 Å². The van der Waals surface area contributed by atoms with Crippen molar-refractivity contribution in [2.75, 3.05) is 11.9 Å². The maximum absolute atomic E-state index is 4.51. The minimum Gasteiger partial charge on any atom is -0.370 e. The Morgan fingerprint density at radius 1 is 1.25 bits per heavy atom. The van der Waals surface area contributed by atoms with Crippen LogP contribution in [0, 0.1) is 0 Å². The molecule has 4 nitrogen and oxygen atoms in total. The van der Waals surface area contributed by atoms with Gasteiger partial charge in [-0.15, -0.1) is 0 Å². The molecule has 2 rings (SSSR count). The van der Waals surface area contributed by atoms with Gasteiger partial charge in [0.25, 0.3) is 0 Å². The zero-order valence-corrected chi connectivity index (χ0v) is 9.64. The molecule has 0 radical (unpaired) electrons. The maximum atomic E-state index is 4.51. The molecule has 2 aromatic heterocycles. The molecule has 0 saturated heterocycles. The Labute approximate surface area is 95.3 Å². The third-order valence-corrected chi connectivity index (χ3v) is 2.28. The zero-order chi connectivity index (χ0) is 11.4. The summed E-state index contributed by atoms with van der Waals surface area (Å²) in [5.74, 6) is 0.907. The highest BCUT2D eigenvalue weighted by molar-refractivity contribution is 5.56. The fourth-order valence-corrected chi connectivity index (χ4v) is 1.48. The number of anilines is 1. The number of nitrogens with one attached hydrogen (secondary N) is 1. The molecule has 0 saturated carbocycles. The summed E-state index contributed by atoms with van der Waals surface area (Å²) < 4.78 is 1.78. The van der Waals surface area contributed by atoms with Crippen molar-refractivity contribution >= 4 is 5.82 Å². The first kappa shape index (κ1) is 10.7. The van der Waals surface area contributed by atoms with E-state index >= 15 is 0 Å². The van der Waals surface area contributed by atoms with Crippen LogP contribution < -0.4 is 5.32 Å². The Kier molecular flexibility index (Phi) is 3.19. The molecule has 0 aliphatic rings. The predicted octanol–water partition coefficient (Wildman–Crippen LogP) is 2.30. The molecule has 0 fully saturated rings. The summed E-state index contributed by atoms with van der Waals surface area (Å²) in [6.07, 6.45) is 3.01. The Morgan fingerprint density at radius 3 is 2.81 bits per heavy atom. The van der Waals surface area contributed by atoms with Gasteiger partial charge in [-0.3, -0.25) is 4.68 Å². The lowest BCUT2D eigenvalue weighted by molar-refractivity contribution is 0.770. The molecule has 0 aliphatic heterocycles. The van der Waals surface area contributed by atoms with Crippen molar-refractivity contribution in [1.82, 2.24) is 14.8 Å². The second kappa shape index (κ2) is 4.79. The Morgan fingerprint density at radius 2 is 2.12 bits per heavy atom. The molecule has 0 spiro atoms. The van der Waals surface area contributed by atoms with Crippen LogP contribution >= 0.6 is 0 Å². The van der Waals surface area contributed by atoms with Gasteiger partial charge in [0.2, 0.25) is 0 Å². The summed E-state index contributed by atoms with van der Waals surface area (Å²) in [6, 6.07) is 7.91. The summed E-state index contributed by atoms with van der Waals surface area (Å²) in [6.45, 7) is 3.08. The molecule has 2 aromatic rings. The smallest absolute Gasteiger partial charge is 0.126 e. The second-order valence-electron chi connectivity index (χ2n) is 3.71. The van der Waals surface area contributed by atoms with Crippen LogP contribution in [0.4, 0.5) is 5.82 Å². The van der Waals surface area contributed by atoms with Crippen LogP contribution in [-0.2, 0) is 7.05 Å². The number of aryl methyl sites for hydroxylation is 1. The summed E-state index contributed by atoms with van der Waals surface area (Å²) in [7, 11) is 1.91. The fourth-order valence-electron chi connectivity index (χ4n) is 1.48. The molecule has 0 aliphatic carbocycles. The van der Waals surface area contributed by atoms with Gasteiger partial charge in [0, 0.05) is 19.8 Å². The SMILES string of the molecule is CCCNc1cccc(-c2ccn(C)n2)n1. The van der Waals surface area contributed by atoms with Crippen molar-refractivity contribution in [3.63, 3.8) is 0 Å². The van der Waals surface area contributed by atoms with E-state index in [1.165, 1.54) is 0 Å². The highest BCUT2D eigenvalue weighted by atomic mass is 15.2. The lowest BCUT2D eigenvalue weighted by Crippen LogP contribution is -2.02. The molecular weight excluding hydrogens is 200 g/mol. The number of pyridine rings is 1. The standard InChI is InChI=1S/C12H16N4/c1-3-8-13-12-6-4-5-10(14-12)11-7-9-16(2)15-11/h4-7,9H,3,8H2,1-2H3,(H,13,14). The van der Waals surface area contributed by atoms with Gasteiger partial charge in [-0.05, 0) is 24.6 Å². The molecule has 84 valence electrons. The maximum Gasteiger partial charge on any atom is 0.126 e. The van der Waals surface area contributed by atoms with Gasteiger partial charge in [0.15, 0.2) is 0 Å². The molecule has 4 heteroatoms. The van der Waals surface area contributed by atoms with Crippen molar-refractivity contribution in [1.29, 1.82) is 0 Å². The van der Waals surface area contributed by atoms with Crippen LogP contribution in [0.15, 0.2) is 30.5 Å². The van der Waals surface area contributed by atoms with Crippen molar-refractivity contribution in [2.45, 2.75) is 13.3 Å². The molecule has 0 amide bonds. The highest BCUT2D eigenvalue weighted by Gasteiger charge is 2.03. The highest BCUT2D eigenvalue weighted by Crippen LogP contribution is 2.16. The van der Waals surface area contributed by atoms with E-state index in [1.807, 2.05) is 37.5 Å². The normalized spacial score (nSPS) is 10.4. The average Bonchev–Trinajstić information content (AvgIpc) is 2.74. The molecule has 0 atom stereocenters. The first-order valence-corrected chi connectivity index (χ1v) is 5.50. The quantitative estimate of drug-likeness (QED) is 0.852. The van der Waals surface area contributed by atoms with E-state index in [9.17, 15) is 0 Å². The van der Waals surface area contributed by atoms with Crippen molar-refractivity contribution in [3.8, 4) is 11.4 Å². The number of aromatic nitrogens is 3. The summed E-state index contributed by atoms with van der Waals surface area (Å²) in [4.78, 5) is 4.51. The molecule has 0 aromatic carbocycles. The first-order chi connectivity index (χ1) is 7.79. The summed E-state index contributed by atoms with van der Waals surface area (Å²) in [5, 5.41) is 7.59. The van der Waals surface area contributed by atoms with Gasteiger partial charge >= 0.3 is 0 Å². The van der Waals surface area contributed by atoms with E-state index < -0.39 is 0 Å². The van der Waals surface area contributed by atoms with Crippen LogP contribution in [0.3, 0.4) is 0 Å². The molecule has 16 heavy (non-hydrogen) atoms. The van der Waals surface area contributed by atoms with Crippen molar-refractivity contribution < 1.29 is 0 Å². The number of hydrogen-bond acceptors (Lipinski definition) is 3. The monoisotopic (exact) mass is 216 g/mol. The molecule has 0 bridgehead atoms. The minimum absolute atomic E-state index is 0.904. The van der Waals surface area contributed by atoms with Gasteiger partial charge < -0.3 is 5.32 Å². The number of rotatable bonds is 4. The first-order valence-electron chi connectivity index (χ1n) is 5.50. The van der Waals surface area contributed by atoms with Crippen LogP contribution in [0.2, 0.25) is 0 Å². The van der Waals surface area contributed by atoms with Crippen molar-refractivity contribution in [3.05, 3.63) is 30.5 Å². The topological polar surface area (TPSA) is 42.7 Å². The van der Waals surface area contributed by atoms with E-state index in [-0.39, 0.29) is 0 Å². The Bertz CT molecular complexity index is 462. The molecule has 1 N–H and O–H groups in total. The lowest BCUT2D eigenvalue weighted by atomic mass is 10.3. The van der Waals surface area contributed by atoms with Gasteiger partial charge in [0.1, 0.15) is 11.5 Å². The molecular formula is C12H16N4. The molecule has 2 heterocycles. The summed E-state index contributed by atoms with van der Waals surface area (Å²) in [5.41, 5.74) is 1.81. The number of nitrogens with zero attached hydrogens (tertiary/aromatic N) is 3. The largest absolute Gasteiger partial charge is 0.370 e. The van der Waals surface area contributed by atoms with Gasteiger partial charge in [0.05, 0.1) is 5.69 Å². The van der Waals surface area contributed by atoms with Gasteiger partial charge in [-0.2, -0.15) is 5.10 Å². The lowest BCUT2D eigenvalue weighted by Gasteiger charge is -2.04. The van der Waals surface area contributed by atoms with E-state index in [4.69, 9.17) is 0 Å². The Hall–Kier alpha value is -1.84. The number of hydrogen-bond donors (Lipinski definition) is 1. The minimum atomic E-state index is 0.904. The third-order valence-electron chi connectivity index (χ3n) is 2.28. The summed E-state index contributed by atoms with van der Waals surface area (Å²) >= 11 is 0. The van der Waals surface area contributed by atoms with Crippen LogP contribution in [0.25, 0.3) is 11.4 Å². The second-order valence-corrected chi connectivity index (χ2v) is 3.71. The predicted molar refractivity (Wildman–Crippen MR) is 65.2 cm³/mol.